The Balaban J connectivity index is 1.95. The van der Waals surface area contributed by atoms with Gasteiger partial charge in [0.1, 0.15) is 5.82 Å². The number of carbonyl (C=O) groups excluding carboxylic acids is 1. The average Bonchev–Trinajstić information content (AvgIpc) is 2.90. The highest BCUT2D eigenvalue weighted by Gasteiger charge is 2.13. The molecule has 0 fully saturated rings. The number of benzene rings is 1. The van der Waals surface area contributed by atoms with E-state index < -0.39 is 11.7 Å². The van der Waals surface area contributed by atoms with Crippen molar-refractivity contribution in [2.75, 3.05) is 6.54 Å². The normalized spacial score (nSPS) is 12.1. The van der Waals surface area contributed by atoms with Gasteiger partial charge in [-0.3, -0.25) is 4.79 Å². The maximum Gasteiger partial charge on any atom is 0.254 e. The van der Waals surface area contributed by atoms with Crippen LogP contribution in [-0.2, 0) is 0 Å². The van der Waals surface area contributed by atoms with Crippen molar-refractivity contribution in [3.8, 4) is 0 Å². The molecule has 0 aliphatic rings. The van der Waals surface area contributed by atoms with E-state index in [1.165, 1.54) is 12.1 Å². The van der Waals surface area contributed by atoms with Crippen molar-refractivity contribution in [1.29, 1.82) is 0 Å². The molecule has 94 valence electrons. The Labute approximate surface area is 109 Å². The van der Waals surface area contributed by atoms with Crippen molar-refractivity contribution in [2.24, 2.45) is 0 Å². The zero-order valence-electron chi connectivity index (χ0n) is 9.89. The number of nitrogens with one attached hydrogen (secondary N) is 1. The molecule has 2 aromatic rings. The van der Waals surface area contributed by atoms with Crippen LogP contribution in [-0.4, -0.2) is 17.4 Å². The molecule has 0 saturated carbocycles. The molecule has 3 nitrogen and oxygen atoms in total. The first-order valence-corrected chi connectivity index (χ1v) is 6.48. The van der Waals surface area contributed by atoms with Crippen LogP contribution in [0, 0.1) is 5.82 Å². The first kappa shape index (κ1) is 12.7. The molecule has 1 heterocycles. The lowest BCUT2D eigenvalue weighted by molar-refractivity contribution is 0.0947. The lowest BCUT2D eigenvalue weighted by atomic mass is 10.1. The van der Waals surface area contributed by atoms with Gasteiger partial charge in [-0.05, 0) is 12.1 Å². The lowest BCUT2D eigenvalue weighted by Crippen LogP contribution is -2.28. The quantitative estimate of drug-likeness (QED) is 0.922. The van der Waals surface area contributed by atoms with Gasteiger partial charge in [0.05, 0.1) is 10.6 Å². The molecule has 0 saturated heterocycles. The summed E-state index contributed by atoms with van der Waals surface area (Å²) < 4.78 is 13.4. The van der Waals surface area contributed by atoms with E-state index in [4.69, 9.17) is 0 Å². The summed E-state index contributed by atoms with van der Waals surface area (Å²) in [6.45, 7) is 2.42. The number of carbonyl (C=O) groups is 1. The summed E-state index contributed by atoms with van der Waals surface area (Å²) in [5.74, 6) is -0.769. The van der Waals surface area contributed by atoms with Crippen LogP contribution < -0.4 is 5.32 Å². The van der Waals surface area contributed by atoms with Gasteiger partial charge in [0, 0.05) is 24.0 Å². The SMILES string of the molecule is CC(CNC(=O)c1ccccc1F)c1nccs1. The Kier molecular flexibility index (Phi) is 4.04. The number of halogens is 1. The third-order valence-corrected chi connectivity index (χ3v) is 3.57. The fourth-order valence-corrected chi connectivity index (χ4v) is 2.25. The zero-order valence-corrected chi connectivity index (χ0v) is 10.7. The molecule has 1 atom stereocenters. The number of aromatic nitrogens is 1. The second kappa shape index (κ2) is 5.73. The number of rotatable bonds is 4. The van der Waals surface area contributed by atoms with Gasteiger partial charge in [-0.25, -0.2) is 9.37 Å². The molecule has 0 spiro atoms. The molecule has 1 aromatic heterocycles. The summed E-state index contributed by atoms with van der Waals surface area (Å²) in [6, 6.07) is 5.95. The largest absolute Gasteiger partial charge is 0.351 e. The van der Waals surface area contributed by atoms with Gasteiger partial charge in [-0.2, -0.15) is 0 Å². The predicted octanol–water partition coefficient (Wildman–Crippen LogP) is 2.82. The molecular formula is C13H13FN2OS. The topological polar surface area (TPSA) is 42.0 Å². The summed E-state index contributed by atoms with van der Waals surface area (Å²) in [4.78, 5) is 15.9. The molecule has 1 aromatic carbocycles. The van der Waals surface area contributed by atoms with Crippen molar-refractivity contribution in [1.82, 2.24) is 10.3 Å². The van der Waals surface area contributed by atoms with E-state index in [0.717, 1.165) is 5.01 Å². The molecule has 0 aliphatic carbocycles. The van der Waals surface area contributed by atoms with Crippen LogP contribution >= 0.6 is 11.3 Å². The van der Waals surface area contributed by atoms with Gasteiger partial charge < -0.3 is 5.32 Å². The highest BCUT2D eigenvalue weighted by atomic mass is 32.1. The van der Waals surface area contributed by atoms with Gasteiger partial charge >= 0.3 is 0 Å². The Hall–Kier alpha value is -1.75. The standard InChI is InChI=1S/C13H13FN2OS/c1-9(13-15-6-7-18-13)8-16-12(17)10-4-2-3-5-11(10)14/h2-7,9H,8H2,1H3,(H,16,17). The third-order valence-electron chi connectivity index (χ3n) is 2.56. The maximum absolute atomic E-state index is 13.4. The van der Waals surface area contributed by atoms with Crippen molar-refractivity contribution < 1.29 is 9.18 Å². The number of nitrogens with zero attached hydrogens (tertiary/aromatic N) is 1. The van der Waals surface area contributed by atoms with Gasteiger partial charge in [0.25, 0.3) is 5.91 Å². The second-order valence-electron chi connectivity index (χ2n) is 3.96. The second-order valence-corrected chi connectivity index (χ2v) is 4.89. The van der Waals surface area contributed by atoms with Crippen LogP contribution in [0.15, 0.2) is 35.8 Å². The molecule has 18 heavy (non-hydrogen) atoms. The van der Waals surface area contributed by atoms with Crippen LogP contribution in [0.1, 0.15) is 28.2 Å². The van der Waals surface area contributed by atoms with Crippen molar-refractivity contribution in [2.45, 2.75) is 12.8 Å². The molecule has 1 N–H and O–H groups in total. The van der Waals surface area contributed by atoms with Crippen LogP contribution in [0.4, 0.5) is 4.39 Å². The summed E-state index contributed by atoms with van der Waals surface area (Å²) in [5, 5.41) is 5.57. The van der Waals surface area contributed by atoms with E-state index in [1.54, 1.807) is 29.7 Å². The monoisotopic (exact) mass is 264 g/mol. The zero-order chi connectivity index (χ0) is 13.0. The van der Waals surface area contributed by atoms with E-state index in [2.05, 4.69) is 10.3 Å². The Morgan fingerprint density at radius 1 is 1.50 bits per heavy atom. The van der Waals surface area contributed by atoms with Gasteiger partial charge in [0.2, 0.25) is 0 Å². The highest BCUT2D eigenvalue weighted by molar-refractivity contribution is 7.09. The molecule has 0 radical (unpaired) electrons. The van der Waals surface area contributed by atoms with Crippen LogP contribution in [0.3, 0.4) is 0 Å². The third kappa shape index (κ3) is 2.92. The van der Waals surface area contributed by atoms with Crippen molar-refractivity contribution in [3.05, 3.63) is 52.2 Å². The van der Waals surface area contributed by atoms with Gasteiger partial charge in [-0.15, -0.1) is 11.3 Å². The predicted molar refractivity (Wildman–Crippen MR) is 69.3 cm³/mol. The van der Waals surface area contributed by atoms with E-state index in [0.29, 0.717) is 6.54 Å². The van der Waals surface area contributed by atoms with Crippen LogP contribution in [0.25, 0.3) is 0 Å². The van der Waals surface area contributed by atoms with Gasteiger partial charge in [0.15, 0.2) is 0 Å². The fourth-order valence-electron chi connectivity index (χ4n) is 1.55. The van der Waals surface area contributed by atoms with Crippen molar-refractivity contribution in [3.63, 3.8) is 0 Å². The minimum atomic E-state index is -0.503. The molecule has 2 rings (SSSR count). The molecule has 0 bridgehead atoms. The Morgan fingerprint density at radius 3 is 2.94 bits per heavy atom. The summed E-state index contributed by atoms with van der Waals surface area (Å²) in [5.41, 5.74) is 0.0730. The first-order chi connectivity index (χ1) is 8.68. The maximum atomic E-state index is 13.4. The molecule has 0 aliphatic heterocycles. The molecule has 5 heteroatoms. The number of thiazole rings is 1. The Bertz CT molecular complexity index is 528. The first-order valence-electron chi connectivity index (χ1n) is 5.60. The number of amides is 1. The fraction of sp³-hybridized carbons (Fsp3) is 0.231. The number of hydrogen-bond acceptors (Lipinski definition) is 3. The highest BCUT2D eigenvalue weighted by Crippen LogP contribution is 2.16. The van der Waals surface area contributed by atoms with E-state index >= 15 is 0 Å². The van der Waals surface area contributed by atoms with E-state index in [9.17, 15) is 9.18 Å². The van der Waals surface area contributed by atoms with Gasteiger partial charge in [-0.1, -0.05) is 19.1 Å². The molecular weight excluding hydrogens is 251 g/mol. The minimum absolute atomic E-state index is 0.0730. The van der Waals surface area contributed by atoms with Crippen LogP contribution in [0.5, 0.6) is 0 Å². The van der Waals surface area contributed by atoms with Crippen LogP contribution in [0.2, 0.25) is 0 Å². The minimum Gasteiger partial charge on any atom is -0.351 e. The van der Waals surface area contributed by atoms with Crippen molar-refractivity contribution >= 4 is 17.2 Å². The van der Waals surface area contributed by atoms with E-state index in [1.807, 2.05) is 12.3 Å². The lowest BCUT2D eigenvalue weighted by Gasteiger charge is -2.10. The smallest absolute Gasteiger partial charge is 0.254 e. The number of hydrogen-bond donors (Lipinski definition) is 1. The Morgan fingerprint density at radius 2 is 2.28 bits per heavy atom. The summed E-state index contributed by atoms with van der Waals surface area (Å²) >= 11 is 1.55. The van der Waals surface area contributed by atoms with E-state index in [-0.39, 0.29) is 11.5 Å². The summed E-state index contributed by atoms with van der Waals surface area (Å²) in [7, 11) is 0. The summed E-state index contributed by atoms with van der Waals surface area (Å²) in [6.07, 6.45) is 1.73. The molecule has 1 amide bonds. The molecule has 1 unspecified atom stereocenters. The average molecular weight is 264 g/mol.